The van der Waals surface area contributed by atoms with Crippen LogP contribution in [0.1, 0.15) is 34.6 Å². The Balaban J connectivity index is 0.000000436. The number of carbonyl (C=O) groups excluding carboxylic acids is 3. The molecule has 0 spiro atoms. The van der Waals surface area contributed by atoms with E-state index in [-0.39, 0.29) is 25.5 Å². The van der Waals surface area contributed by atoms with Crippen LogP contribution in [0.3, 0.4) is 0 Å². The van der Waals surface area contributed by atoms with Gasteiger partial charge in [0.15, 0.2) is 0 Å². The van der Waals surface area contributed by atoms with Gasteiger partial charge in [0.25, 0.3) is 0 Å². The summed E-state index contributed by atoms with van der Waals surface area (Å²) in [6.45, 7) is 8.73. The lowest BCUT2D eigenvalue weighted by atomic mass is 9.98. The molecule has 162 valence electrons. The van der Waals surface area contributed by atoms with E-state index in [1.807, 2.05) is 0 Å². The predicted octanol–water partition coefficient (Wildman–Crippen LogP) is 3.51. The van der Waals surface area contributed by atoms with Gasteiger partial charge >= 0.3 is 12.1 Å². The molecule has 7 nitrogen and oxygen atoms in total. The van der Waals surface area contributed by atoms with Gasteiger partial charge in [-0.05, 0) is 46.8 Å². The van der Waals surface area contributed by atoms with Crippen molar-refractivity contribution >= 4 is 29.8 Å². The van der Waals surface area contributed by atoms with Gasteiger partial charge in [-0.2, -0.15) is 0 Å². The van der Waals surface area contributed by atoms with E-state index in [0.29, 0.717) is 0 Å². The van der Waals surface area contributed by atoms with Crippen LogP contribution in [0.25, 0.3) is 0 Å². The first-order valence-electron chi connectivity index (χ1n) is 8.80. The highest BCUT2D eigenvalue weighted by Crippen LogP contribution is 2.25. The van der Waals surface area contributed by atoms with Gasteiger partial charge < -0.3 is 13.9 Å². The van der Waals surface area contributed by atoms with Gasteiger partial charge in [0.2, 0.25) is 5.91 Å². The molecule has 2 amide bonds. The van der Waals surface area contributed by atoms with E-state index < -0.39 is 34.8 Å². The van der Waals surface area contributed by atoms with Crippen LogP contribution in [0.4, 0.5) is 13.6 Å². The summed E-state index contributed by atoms with van der Waals surface area (Å²) in [5, 5.41) is 0. The van der Waals surface area contributed by atoms with E-state index in [2.05, 4.69) is 4.29 Å². The summed E-state index contributed by atoms with van der Waals surface area (Å²) in [5.41, 5.74) is -1.75. The second-order valence-electron chi connectivity index (χ2n) is 7.81. The third kappa shape index (κ3) is 7.49. The monoisotopic (exact) mass is 434 g/mol. The maximum atomic E-state index is 12.4. The highest BCUT2D eigenvalue weighted by molar-refractivity contribution is 6.13. The number of halogens is 3. The molecule has 0 saturated carbocycles. The quantitative estimate of drug-likeness (QED) is 0.712. The number of nitrogens with zero attached hydrogens (tertiary/aromatic N) is 2. The van der Waals surface area contributed by atoms with Gasteiger partial charge in [-0.1, -0.05) is 6.07 Å². The van der Waals surface area contributed by atoms with E-state index in [4.69, 9.17) is 16.6 Å². The van der Waals surface area contributed by atoms with Crippen LogP contribution in [0, 0.1) is 11.6 Å². The van der Waals surface area contributed by atoms with E-state index >= 15 is 0 Å². The van der Waals surface area contributed by atoms with Crippen LogP contribution in [0.15, 0.2) is 24.3 Å². The van der Waals surface area contributed by atoms with Gasteiger partial charge in [0, 0.05) is 19.2 Å². The number of benzene rings is 1. The van der Waals surface area contributed by atoms with Crippen molar-refractivity contribution in [3.8, 4) is 0 Å². The van der Waals surface area contributed by atoms with Crippen molar-refractivity contribution < 1.29 is 32.2 Å². The molecule has 2 rings (SSSR count). The molecular formula is C19H25ClF2N2O5. The molecule has 1 saturated heterocycles. The molecule has 1 heterocycles. The van der Waals surface area contributed by atoms with Crippen molar-refractivity contribution in [2.45, 2.75) is 45.8 Å². The number of ether oxygens (including phenoxy) is 1. The smallest absolute Gasteiger partial charge is 0.411 e. The minimum atomic E-state index is -1.10. The highest BCUT2D eigenvalue weighted by atomic mass is 35.5. The maximum Gasteiger partial charge on any atom is 0.411 e. The zero-order valence-electron chi connectivity index (χ0n) is 17.0. The van der Waals surface area contributed by atoms with Crippen molar-refractivity contribution in [3.05, 3.63) is 35.9 Å². The third-order valence-corrected chi connectivity index (χ3v) is 4.06. The van der Waals surface area contributed by atoms with E-state index in [0.717, 1.165) is 6.07 Å². The Morgan fingerprint density at radius 2 is 1.72 bits per heavy atom. The zero-order valence-corrected chi connectivity index (χ0v) is 17.8. The summed E-state index contributed by atoms with van der Waals surface area (Å²) in [7, 11) is 0. The molecule has 10 heteroatoms. The Morgan fingerprint density at radius 3 is 2.14 bits per heavy atom. The van der Waals surface area contributed by atoms with E-state index in [1.165, 1.54) is 28.0 Å². The van der Waals surface area contributed by atoms with Crippen LogP contribution in [0.5, 0.6) is 0 Å². The molecule has 0 aromatic heterocycles. The van der Waals surface area contributed by atoms with Crippen molar-refractivity contribution in [2.24, 2.45) is 0 Å². The van der Waals surface area contributed by atoms with Crippen molar-refractivity contribution in [1.82, 2.24) is 9.80 Å². The van der Waals surface area contributed by atoms with Crippen LogP contribution in [-0.4, -0.2) is 58.5 Å². The Kier molecular flexibility index (Phi) is 8.37. The average Bonchev–Trinajstić information content (AvgIpc) is 2.57. The molecule has 0 atom stereocenters. The number of piperazine rings is 1. The average molecular weight is 435 g/mol. The molecule has 1 aliphatic heterocycles. The van der Waals surface area contributed by atoms with Crippen molar-refractivity contribution in [2.75, 3.05) is 19.6 Å². The van der Waals surface area contributed by atoms with Crippen LogP contribution < -0.4 is 0 Å². The number of amides is 2. The molecule has 29 heavy (non-hydrogen) atoms. The standard InChI is InChI=1S/C13H21ClN2O5.C6H4F2/c1-12(2,3)20-11(19)16-7-6-15(8-9(17)21-14)10(18)13(16,4)5;7-5-2-1-3-6(8)4-5/h6-8H2,1-5H3;1-4H. The Bertz CT molecular complexity index is 735. The molecule has 1 aromatic rings. The summed E-state index contributed by atoms with van der Waals surface area (Å²) >= 11 is 4.97. The first-order valence-corrected chi connectivity index (χ1v) is 9.11. The molecular weight excluding hydrogens is 410 g/mol. The molecule has 0 radical (unpaired) electrons. The summed E-state index contributed by atoms with van der Waals surface area (Å²) < 4.78 is 33.2. The van der Waals surface area contributed by atoms with Crippen LogP contribution in [0.2, 0.25) is 0 Å². The third-order valence-electron chi connectivity index (χ3n) is 3.89. The second-order valence-corrected chi connectivity index (χ2v) is 7.96. The molecule has 1 aliphatic rings. The van der Waals surface area contributed by atoms with Crippen molar-refractivity contribution in [3.63, 3.8) is 0 Å². The number of hydrogen-bond donors (Lipinski definition) is 0. The topological polar surface area (TPSA) is 76.2 Å². The van der Waals surface area contributed by atoms with Gasteiger partial charge in [0.1, 0.15) is 41.2 Å². The van der Waals surface area contributed by atoms with Gasteiger partial charge in [0.05, 0.1) is 0 Å². The summed E-state index contributed by atoms with van der Waals surface area (Å²) in [6.07, 6.45) is -0.555. The van der Waals surface area contributed by atoms with Gasteiger partial charge in [-0.3, -0.25) is 9.69 Å². The molecule has 0 N–H and O–H groups in total. The minimum absolute atomic E-state index is 0.216. The van der Waals surface area contributed by atoms with Crippen LogP contribution in [-0.2, 0) is 18.6 Å². The molecule has 1 fully saturated rings. The SMILES string of the molecule is CC(C)(C)OC(=O)N1CCN(CC(=O)OCl)C(=O)C1(C)C.Fc1cccc(F)c1. The van der Waals surface area contributed by atoms with E-state index in [1.54, 1.807) is 34.6 Å². The number of hydrogen-bond acceptors (Lipinski definition) is 5. The fourth-order valence-electron chi connectivity index (χ4n) is 2.53. The molecule has 0 aliphatic carbocycles. The molecule has 1 aromatic carbocycles. The summed E-state index contributed by atoms with van der Waals surface area (Å²) in [4.78, 5) is 38.4. The second kappa shape index (κ2) is 9.87. The van der Waals surface area contributed by atoms with Gasteiger partial charge in [-0.15, -0.1) is 0 Å². The largest absolute Gasteiger partial charge is 0.444 e. The highest BCUT2D eigenvalue weighted by Gasteiger charge is 2.46. The first kappa shape index (κ1) is 24.6. The Hall–Kier alpha value is -2.42. The van der Waals surface area contributed by atoms with Gasteiger partial charge in [-0.25, -0.2) is 18.4 Å². The number of rotatable bonds is 2. The zero-order chi connectivity index (χ0) is 22.4. The lowest BCUT2D eigenvalue weighted by molar-refractivity contribution is -0.153. The summed E-state index contributed by atoms with van der Waals surface area (Å²) in [5.74, 6) is -2.15. The fourth-order valence-corrected chi connectivity index (χ4v) is 2.58. The molecule has 0 bridgehead atoms. The Morgan fingerprint density at radius 1 is 1.17 bits per heavy atom. The predicted molar refractivity (Wildman–Crippen MR) is 102 cm³/mol. The normalized spacial score (nSPS) is 15.9. The minimum Gasteiger partial charge on any atom is -0.444 e. The first-order chi connectivity index (χ1) is 13.3. The Labute approximate surface area is 173 Å². The fraction of sp³-hybridized carbons (Fsp3) is 0.526. The lowest BCUT2D eigenvalue weighted by Gasteiger charge is -2.45. The molecule has 0 unspecified atom stereocenters. The summed E-state index contributed by atoms with van der Waals surface area (Å²) in [6, 6.07) is 4.55. The number of carbonyl (C=O) groups is 3. The van der Waals surface area contributed by atoms with Crippen LogP contribution >= 0.6 is 11.9 Å². The van der Waals surface area contributed by atoms with Crippen molar-refractivity contribution in [1.29, 1.82) is 0 Å². The lowest BCUT2D eigenvalue weighted by Crippen LogP contribution is -2.65. The van der Waals surface area contributed by atoms with E-state index in [9.17, 15) is 23.2 Å². The maximum absolute atomic E-state index is 12.4.